The van der Waals surface area contributed by atoms with Crippen molar-refractivity contribution < 1.29 is 13.2 Å². The van der Waals surface area contributed by atoms with E-state index in [0.717, 1.165) is 19.3 Å². The highest BCUT2D eigenvalue weighted by Gasteiger charge is 2.28. The molecule has 0 aromatic heterocycles. The van der Waals surface area contributed by atoms with Crippen LogP contribution in [0.25, 0.3) is 0 Å². The van der Waals surface area contributed by atoms with Gasteiger partial charge in [0.15, 0.2) is 0 Å². The molecular formula is C20H24N2O3S. The zero-order valence-corrected chi connectivity index (χ0v) is 15.5. The first kappa shape index (κ1) is 18.5. The molecule has 1 fully saturated rings. The molecule has 138 valence electrons. The van der Waals surface area contributed by atoms with Crippen LogP contribution in [-0.4, -0.2) is 26.6 Å². The van der Waals surface area contributed by atoms with E-state index in [2.05, 4.69) is 17.4 Å². The number of carbonyl (C=O) groups excluding carboxylic acids is 1. The Morgan fingerprint density at radius 1 is 1.00 bits per heavy atom. The predicted octanol–water partition coefficient (Wildman–Crippen LogP) is 3.58. The minimum Gasteiger partial charge on any atom is -0.326 e. The van der Waals surface area contributed by atoms with Crippen LogP contribution < -0.4 is 9.62 Å². The van der Waals surface area contributed by atoms with Crippen LogP contribution in [0.1, 0.15) is 31.2 Å². The van der Waals surface area contributed by atoms with Crippen LogP contribution in [0.5, 0.6) is 0 Å². The molecule has 1 aliphatic rings. The monoisotopic (exact) mass is 372 g/mol. The van der Waals surface area contributed by atoms with Gasteiger partial charge in [-0.1, -0.05) is 30.3 Å². The van der Waals surface area contributed by atoms with Crippen LogP contribution in [0.2, 0.25) is 0 Å². The number of sulfonamides is 1. The number of benzene rings is 2. The van der Waals surface area contributed by atoms with Crippen molar-refractivity contribution in [3.63, 3.8) is 0 Å². The van der Waals surface area contributed by atoms with E-state index in [1.807, 2.05) is 18.2 Å². The Labute approximate surface area is 155 Å². The molecule has 0 bridgehead atoms. The van der Waals surface area contributed by atoms with E-state index in [1.54, 1.807) is 24.3 Å². The molecule has 6 heteroatoms. The van der Waals surface area contributed by atoms with Crippen LogP contribution in [-0.2, 0) is 21.2 Å². The Hall–Kier alpha value is -2.34. The molecule has 0 spiro atoms. The maximum Gasteiger partial charge on any atom is 0.235 e. The summed E-state index contributed by atoms with van der Waals surface area (Å²) in [5.74, 6) is 0.189. The first-order chi connectivity index (χ1) is 12.5. The first-order valence-corrected chi connectivity index (χ1v) is 10.6. The van der Waals surface area contributed by atoms with Gasteiger partial charge in [-0.25, -0.2) is 8.42 Å². The summed E-state index contributed by atoms with van der Waals surface area (Å²) in [7, 11) is -3.17. The zero-order valence-electron chi connectivity index (χ0n) is 14.7. The molecule has 1 heterocycles. The lowest BCUT2D eigenvalue weighted by atomic mass is 10.1. The Balaban J connectivity index is 1.44. The molecule has 5 nitrogen and oxygen atoms in total. The first-order valence-electron chi connectivity index (χ1n) is 8.99. The molecule has 0 atom stereocenters. The SMILES string of the molecule is O=C(CCCCc1ccccc1)Nc1ccc(N2CCCS2(=O)=O)cc1. The maximum absolute atomic E-state index is 12.1. The highest BCUT2D eigenvalue weighted by Crippen LogP contribution is 2.25. The van der Waals surface area contributed by atoms with Crippen molar-refractivity contribution in [1.82, 2.24) is 0 Å². The Morgan fingerprint density at radius 2 is 1.73 bits per heavy atom. The average Bonchev–Trinajstić information content (AvgIpc) is 2.99. The van der Waals surface area contributed by atoms with E-state index in [4.69, 9.17) is 0 Å². The fraction of sp³-hybridized carbons (Fsp3) is 0.350. The molecule has 2 aromatic rings. The molecule has 1 saturated heterocycles. The summed E-state index contributed by atoms with van der Waals surface area (Å²) in [6, 6.07) is 17.3. The fourth-order valence-electron chi connectivity index (χ4n) is 3.12. The van der Waals surface area contributed by atoms with Gasteiger partial charge in [0.1, 0.15) is 0 Å². The smallest absolute Gasteiger partial charge is 0.235 e. The van der Waals surface area contributed by atoms with E-state index in [9.17, 15) is 13.2 Å². The number of hydrogen-bond acceptors (Lipinski definition) is 3. The van der Waals surface area contributed by atoms with Crippen molar-refractivity contribution in [2.75, 3.05) is 21.9 Å². The van der Waals surface area contributed by atoms with Crippen LogP contribution in [0.4, 0.5) is 11.4 Å². The van der Waals surface area contributed by atoms with Crippen LogP contribution in [0.3, 0.4) is 0 Å². The van der Waals surface area contributed by atoms with E-state index < -0.39 is 10.0 Å². The molecule has 0 radical (unpaired) electrons. The second-order valence-electron chi connectivity index (χ2n) is 6.53. The molecule has 1 aliphatic heterocycles. The largest absolute Gasteiger partial charge is 0.326 e. The lowest BCUT2D eigenvalue weighted by Crippen LogP contribution is -2.24. The topological polar surface area (TPSA) is 66.5 Å². The van der Waals surface area contributed by atoms with Crippen molar-refractivity contribution in [2.45, 2.75) is 32.1 Å². The molecule has 3 rings (SSSR count). The predicted molar refractivity (Wildman–Crippen MR) is 105 cm³/mol. The van der Waals surface area contributed by atoms with Crippen molar-refractivity contribution in [1.29, 1.82) is 0 Å². The number of nitrogens with zero attached hydrogens (tertiary/aromatic N) is 1. The molecule has 1 N–H and O–H groups in total. The summed E-state index contributed by atoms with van der Waals surface area (Å²) in [4.78, 5) is 12.1. The van der Waals surface area contributed by atoms with Gasteiger partial charge in [-0.15, -0.1) is 0 Å². The number of carbonyl (C=O) groups is 1. The van der Waals surface area contributed by atoms with E-state index in [1.165, 1.54) is 9.87 Å². The molecule has 0 unspecified atom stereocenters. The van der Waals surface area contributed by atoms with Gasteiger partial charge in [-0.2, -0.15) is 0 Å². The van der Waals surface area contributed by atoms with Crippen LogP contribution >= 0.6 is 0 Å². The summed E-state index contributed by atoms with van der Waals surface area (Å²) >= 11 is 0. The average molecular weight is 372 g/mol. The van der Waals surface area contributed by atoms with Crippen molar-refractivity contribution >= 4 is 27.3 Å². The molecule has 0 aliphatic carbocycles. The zero-order chi connectivity index (χ0) is 18.4. The lowest BCUT2D eigenvalue weighted by Gasteiger charge is -2.17. The van der Waals surface area contributed by atoms with Gasteiger partial charge in [-0.3, -0.25) is 9.10 Å². The summed E-state index contributed by atoms with van der Waals surface area (Å²) in [5.41, 5.74) is 2.64. The van der Waals surface area contributed by atoms with Gasteiger partial charge in [0.2, 0.25) is 15.9 Å². The Kier molecular flexibility index (Phi) is 5.93. The van der Waals surface area contributed by atoms with E-state index in [-0.39, 0.29) is 11.7 Å². The second-order valence-corrected chi connectivity index (χ2v) is 8.54. The third kappa shape index (κ3) is 4.85. The number of unbranched alkanes of at least 4 members (excludes halogenated alkanes) is 1. The standard InChI is InChI=1S/C20H24N2O3S/c23-20(10-5-4-9-17-7-2-1-3-8-17)21-18-11-13-19(14-12-18)22-15-6-16-26(22,24)25/h1-3,7-8,11-14H,4-6,9-10,15-16H2,(H,21,23). The number of amides is 1. The van der Waals surface area contributed by atoms with E-state index in [0.29, 0.717) is 30.8 Å². The highest BCUT2D eigenvalue weighted by molar-refractivity contribution is 7.93. The van der Waals surface area contributed by atoms with Crippen molar-refractivity contribution in [2.24, 2.45) is 0 Å². The lowest BCUT2D eigenvalue weighted by molar-refractivity contribution is -0.116. The number of aryl methyl sites for hydroxylation is 1. The minimum atomic E-state index is -3.17. The van der Waals surface area contributed by atoms with Gasteiger partial charge >= 0.3 is 0 Å². The molecular weight excluding hydrogens is 348 g/mol. The Morgan fingerprint density at radius 3 is 2.38 bits per heavy atom. The summed E-state index contributed by atoms with van der Waals surface area (Å²) in [6.45, 7) is 0.523. The maximum atomic E-state index is 12.1. The van der Waals surface area contributed by atoms with E-state index >= 15 is 0 Å². The van der Waals surface area contributed by atoms with Gasteiger partial charge in [-0.05, 0) is 55.5 Å². The molecule has 2 aromatic carbocycles. The van der Waals surface area contributed by atoms with Gasteiger partial charge in [0.05, 0.1) is 11.4 Å². The fourth-order valence-corrected chi connectivity index (χ4v) is 4.69. The Bertz CT molecular complexity index is 833. The summed E-state index contributed by atoms with van der Waals surface area (Å²) < 4.78 is 25.3. The third-order valence-electron chi connectivity index (χ3n) is 4.50. The van der Waals surface area contributed by atoms with Gasteiger partial charge in [0.25, 0.3) is 0 Å². The molecule has 1 amide bonds. The number of nitrogens with one attached hydrogen (secondary N) is 1. The normalized spacial score (nSPS) is 15.8. The minimum absolute atomic E-state index is 0.0143. The van der Waals surface area contributed by atoms with Crippen LogP contribution in [0.15, 0.2) is 54.6 Å². The third-order valence-corrected chi connectivity index (χ3v) is 6.37. The number of hydrogen-bond donors (Lipinski definition) is 1. The van der Waals surface area contributed by atoms with Crippen molar-refractivity contribution in [3.8, 4) is 0 Å². The van der Waals surface area contributed by atoms with Gasteiger partial charge in [0, 0.05) is 18.7 Å². The molecule has 0 saturated carbocycles. The number of anilines is 2. The second kappa shape index (κ2) is 8.36. The quantitative estimate of drug-likeness (QED) is 0.756. The van der Waals surface area contributed by atoms with Crippen molar-refractivity contribution in [3.05, 3.63) is 60.2 Å². The highest BCUT2D eigenvalue weighted by atomic mass is 32.2. The summed E-state index contributed by atoms with van der Waals surface area (Å²) in [5, 5.41) is 2.87. The number of rotatable bonds is 7. The molecule has 26 heavy (non-hydrogen) atoms. The van der Waals surface area contributed by atoms with Crippen LogP contribution in [0, 0.1) is 0 Å². The van der Waals surface area contributed by atoms with Gasteiger partial charge < -0.3 is 5.32 Å². The summed E-state index contributed by atoms with van der Waals surface area (Å²) in [6.07, 6.45) is 3.93.